The number of hydrogen-bond donors (Lipinski definition) is 0. The summed E-state index contributed by atoms with van der Waals surface area (Å²) < 4.78 is 17.5. The molecule has 0 spiro atoms. The quantitative estimate of drug-likeness (QED) is 0.636. The van der Waals surface area contributed by atoms with Gasteiger partial charge in [0.1, 0.15) is 17.3 Å². The van der Waals surface area contributed by atoms with E-state index in [-0.39, 0.29) is 5.97 Å². The van der Waals surface area contributed by atoms with Crippen LogP contribution in [0.15, 0.2) is 54.9 Å². The zero-order valence-corrected chi connectivity index (χ0v) is 14.9. The van der Waals surface area contributed by atoms with Crippen LogP contribution in [0.25, 0.3) is 11.4 Å². The van der Waals surface area contributed by atoms with Crippen LogP contribution in [0.2, 0.25) is 0 Å². The van der Waals surface area contributed by atoms with Gasteiger partial charge in [-0.05, 0) is 23.8 Å². The SMILES string of the molecule is COC(=O)c1ccccc1Cn1ccnc1-c1cc(OC)cc(OC)c1. The van der Waals surface area contributed by atoms with Gasteiger partial charge in [-0.25, -0.2) is 9.78 Å². The van der Waals surface area contributed by atoms with E-state index in [0.29, 0.717) is 23.6 Å². The molecule has 0 saturated heterocycles. The lowest BCUT2D eigenvalue weighted by atomic mass is 10.1. The monoisotopic (exact) mass is 352 g/mol. The van der Waals surface area contributed by atoms with Crippen molar-refractivity contribution in [1.29, 1.82) is 0 Å². The smallest absolute Gasteiger partial charge is 0.338 e. The maximum atomic E-state index is 12.0. The molecule has 0 bridgehead atoms. The van der Waals surface area contributed by atoms with Crippen LogP contribution in [0.3, 0.4) is 0 Å². The Morgan fingerprint density at radius 1 is 1.04 bits per heavy atom. The highest BCUT2D eigenvalue weighted by Crippen LogP contribution is 2.29. The van der Waals surface area contributed by atoms with E-state index < -0.39 is 0 Å². The number of rotatable bonds is 6. The lowest BCUT2D eigenvalue weighted by Gasteiger charge is -2.13. The molecule has 0 amide bonds. The lowest BCUT2D eigenvalue weighted by Crippen LogP contribution is -2.09. The zero-order chi connectivity index (χ0) is 18.5. The number of nitrogens with zero attached hydrogens (tertiary/aromatic N) is 2. The Morgan fingerprint density at radius 2 is 1.73 bits per heavy atom. The molecule has 0 aliphatic rings. The average molecular weight is 352 g/mol. The number of imidazole rings is 1. The van der Waals surface area contributed by atoms with E-state index in [0.717, 1.165) is 17.0 Å². The van der Waals surface area contributed by atoms with Crippen LogP contribution in [0.5, 0.6) is 11.5 Å². The standard InChI is InChI=1S/C20H20N2O4/c1-24-16-10-15(11-17(12-16)25-2)19-21-8-9-22(19)13-14-6-4-5-7-18(14)20(23)26-3/h4-12H,13H2,1-3H3. The predicted molar refractivity (Wildman–Crippen MR) is 97.7 cm³/mol. The molecule has 0 fully saturated rings. The Labute approximate surface area is 152 Å². The minimum atomic E-state index is -0.356. The first-order chi connectivity index (χ1) is 12.7. The largest absolute Gasteiger partial charge is 0.497 e. The van der Waals surface area contributed by atoms with Crippen LogP contribution < -0.4 is 9.47 Å². The Kier molecular flexibility index (Phi) is 5.22. The number of ether oxygens (including phenoxy) is 3. The van der Waals surface area contributed by atoms with Crippen LogP contribution >= 0.6 is 0 Å². The number of carbonyl (C=O) groups is 1. The van der Waals surface area contributed by atoms with Gasteiger partial charge in [0.05, 0.1) is 26.9 Å². The number of aromatic nitrogens is 2. The van der Waals surface area contributed by atoms with E-state index in [2.05, 4.69) is 4.98 Å². The molecule has 3 aromatic rings. The molecule has 2 aromatic carbocycles. The first-order valence-corrected chi connectivity index (χ1v) is 8.07. The fourth-order valence-corrected chi connectivity index (χ4v) is 2.78. The van der Waals surface area contributed by atoms with E-state index in [1.165, 1.54) is 7.11 Å². The molecule has 0 radical (unpaired) electrons. The topological polar surface area (TPSA) is 62.6 Å². The van der Waals surface area contributed by atoms with Crippen LogP contribution in [0.1, 0.15) is 15.9 Å². The first kappa shape index (κ1) is 17.5. The van der Waals surface area contributed by atoms with Crippen molar-refractivity contribution in [2.24, 2.45) is 0 Å². The minimum absolute atomic E-state index is 0.356. The van der Waals surface area contributed by atoms with Crippen molar-refractivity contribution < 1.29 is 19.0 Å². The van der Waals surface area contributed by atoms with Crippen LogP contribution in [-0.4, -0.2) is 36.8 Å². The summed E-state index contributed by atoms with van der Waals surface area (Å²) in [4.78, 5) is 16.5. The Bertz CT molecular complexity index is 895. The average Bonchev–Trinajstić information content (AvgIpc) is 3.15. The molecule has 0 saturated carbocycles. The summed E-state index contributed by atoms with van der Waals surface area (Å²) >= 11 is 0. The molecule has 26 heavy (non-hydrogen) atoms. The van der Waals surface area contributed by atoms with E-state index >= 15 is 0 Å². The molecule has 3 rings (SSSR count). The number of carbonyl (C=O) groups excluding carboxylic acids is 1. The van der Waals surface area contributed by atoms with Crippen molar-refractivity contribution in [3.05, 3.63) is 66.0 Å². The fraction of sp³-hybridized carbons (Fsp3) is 0.200. The van der Waals surface area contributed by atoms with Crippen LogP contribution in [-0.2, 0) is 11.3 Å². The molecule has 0 atom stereocenters. The summed E-state index contributed by atoms with van der Waals surface area (Å²) in [6.45, 7) is 0.486. The van der Waals surface area contributed by atoms with E-state index in [1.54, 1.807) is 26.5 Å². The van der Waals surface area contributed by atoms with Gasteiger partial charge in [0.2, 0.25) is 0 Å². The summed E-state index contributed by atoms with van der Waals surface area (Å²) in [6.07, 6.45) is 3.59. The maximum Gasteiger partial charge on any atom is 0.338 e. The molecule has 1 heterocycles. The number of benzene rings is 2. The molecule has 1 aromatic heterocycles. The van der Waals surface area contributed by atoms with Crippen LogP contribution in [0, 0.1) is 0 Å². The Morgan fingerprint density at radius 3 is 2.38 bits per heavy atom. The van der Waals surface area contributed by atoms with Gasteiger partial charge in [0.25, 0.3) is 0 Å². The third kappa shape index (κ3) is 3.54. The highest BCUT2D eigenvalue weighted by Gasteiger charge is 2.14. The summed E-state index contributed by atoms with van der Waals surface area (Å²) in [5, 5.41) is 0. The van der Waals surface area contributed by atoms with Gasteiger partial charge < -0.3 is 18.8 Å². The number of hydrogen-bond acceptors (Lipinski definition) is 5. The van der Waals surface area contributed by atoms with E-state index in [4.69, 9.17) is 14.2 Å². The normalized spacial score (nSPS) is 10.4. The highest BCUT2D eigenvalue weighted by molar-refractivity contribution is 5.91. The first-order valence-electron chi connectivity index (χ1n) is 8.07. The summed E-state index contributed by atoms with van der Waals surface area (Å²) in [6, 6.07) is 13.0. The highest BCUT2D eigenvalue weighted by atomic mass is 16.5. The Balaban J connectivity index is 2.00. The van der Waals surface area contributed by atoms with Gasteiger partial charge in [-0.15, -0.1) is 0 Å². The van der Waals surface area contributed by atoms with Gasteiger partial charge in [-0.2, -0.15) is 0 Å². The van der Waals surface area contributed by atoms with Crippen molar-refractivity contribution >= 4 is 5.97 Å². The summed E-state index contributed by atoms with van der Waals surface area (Å²) in [5.41, 5.74) is 2.26. The van der Waals surface area contributed by atoms with Gasteiger partial charge in [-0.3, -0.25) is 0 Å². The molecular formula is C20H20N2O4. The summed E-state index contributed by atoms with van der Waals surface area (Å²) in [7, 11) is 4.60. The second-order valence-electron chi connectivity index (χ2n) is 5.63. The van der Waals surface area contributed by atoms with Crippen molar-refractivity contribution in [2.75, 3.05) is 21.3 Å². The van der Waals surface area contributed by atoms with Crippen molar-refractivity contribution in [3.63, 3.8) is 0 Å². The maximum absolute atomic E-state index is 12.0. The zero-order valence-electron chi connectivity index (χ0n) is 14.9. The predicted octanol–water partition coefficient (Wildman–Crippen LogP) is 3.40. The van der Waals surface area contributed by atoms with Crippen molar-refractivity contribution in [3.8, 4) is 22.9 Å². The van der Waals surface area contributed by atoms with Gasteiger partial charge in [0, 0.05) is 30.6 Å². The molecule has 6 nitrogen and oxygen atoms in total. The van der Waals surface area contributed by atoms with Crippen molar-refractivity contribution in [2.45, 2.75) is 6.54 Å². The second kappa shape index (κ2) is 7.74. The third-order valence-corrected chi connectivity index (χ3v) is 4.09. The van der Waals surface area contributed by atoms with Gasteiger partial charge >= 0.3 is 5.97 Å². The molecule has 0 aliphatic carbocycles. The van der Waals surface area contributed by atoms with Crippen LogP contribution in [0.4, 0.5) is 0 Å². The third-order valence-electron chi connectivity index (χ3n) is 4.09. The van der Waals surface area contributed by atoms with Gasteiger partial charge in [0.15, 0.2) is 0 Å². The van der Waals surface area contributed by atoms with E-state index in [1.807, 2.05) is 47.2 Å². The Hall–Kier alpha value is -3.28. The second-order valence-corrected chi connectivity index (χ2v) is 5.63. The van der Waals surface area contributed by atoms with Crippen molar-refractivity contribution in [1.82, 2.24) is 9.55 Å². The molecule has 0 N–H and O–H groups in total. The number of methoxy groups -OCH3 is 3. The minimum Gasteiger partial charge on any atom is -0.497 e. The number of esters is 1. The lowest BCUT2D eigenvalue weighted by molar-refractivity contribution is 0.0599. The molecule has 0 unspecified atom stereocenters. The molecule has 0 aliphatic heterocycles. The molecule has 6 heteroatoms. The van der Waals surface area contributed by atoms with E-state index in [9.17, 15) is 4.79 Å². The molecule has 134 valence electrons. The molecular weight excluding hydrogens is 332 g/mol. The fourth-order valence-electron chi connectivity index (χ4n) is 2.78. The summed E-state index contributed by atoms with van der Waals surface area (Å²) in [5.74, 6) is 1.76. The van der Waals surface area contributed by atoms with Gasteiger partial charge in [-0.1, -0.05) is 18.2 Å².